The van der Waals surface area contributed by atoms with Gasteiger partial charge in [0.1, 0.15) is 5.56 Å². The normalized spacial score (nSPS) is 13.6. The molecular weight excluding hydrogens is 290 g/mol. The van der Waals surface area contributed by atoms with Crippen LogP contribution in [0.5, 0.6) is 0 Å². The summed E-state index contributed by atoms with van der Waals surface area (Å²) in [5, 5.41) is 9.16. The number of hydrogen-bond donors (Lipinski definition) is 1. The molecule has 0 saturated heterocycles. The van der Waals surface area contributed by atoms with Gasteiger partial charge in [-0.3, -0.25) is 4.79 Å². The highest BCUT2D eigenvalue weighted by Crippen LogP contribution is 2.27. The molecule has 0 saturated carbocycles. The molecule has 1 N–H and O–H groups in total. The predicted octanol–water partition coefficient (Wildman–Crippen LogP) is 3.50. The fraction of sp³-hybridized carbons (Fsp3) is 0.368. The third kappa shape index (κ3) is 2.93. The first-order valence-electron chi connectivity index (χ1n) is 8.21. The number of carboxylic acids is 1. The Balaban J connectivity index is 2.14. The van der Waals surface area contributed by atoms with Crippen molar-refractivity contribution in [2.24, 2.45) is 0 Å². The van der Waals surface area contributed by atoms with E-state index >= 15 is 0 Å². The maximum Gasteiger partial charge on any atom is 0.341 e. The summed E-state index contributed by atoms with van der Waals surface area (Å²) in [5.74, 6) is -1.17. The number of rotatable bonds is 4. The molecule has 0 spiro atoms. The molecule has 1 aliphatic rings. The highest BCUT2D eigenvalue weighted by molar-refractivity contribution is 5.87. The van der Waals surface area contributed by atoms with Crippen LogP contribution in [0.4, 0.5) is 0 Å². The largest absolute Gasteiger partial charge is 0.477 e. The summed E-state index contributed by atoms with van der Waals surface area (Å²) in [6.07, 6.45) is 5.42. The van der Waals surface area contributed by atoms with E-state index in [1.54, 1.807) is 10.6 Å². The van der Waals surface area contributed by atoms with Crippen molar-refractivity contribution >= 4 is 5.97 Å². The summed E-state index contributed by atoms with van der Waals surface area (Å²) in [6, 6.07) is 9.54. The Hall–Kier alpha value is -2.36. The highest BCUT2D eigenvalue weighted by atomic mass is 16.4. The van der Waals surface area contributed by atoms with Crippen LogP contribution in [0.2, 0.25) is 0 Å². The number of hydrogen-bond acceptors (Lipinski definition) is 2. The zero-order valence-corrected chi connectivity index (χ0v) is 13.3. The lowest BCUT2D eigenvalue weighted by Gasteiger charge is -2.18. The van der Waals surface area contributed by atoms with Gasteiger partial charge in [0.05, 0.1) is 5.69 Å². The molecule has 1 aliphatic carbocycles. The highest BCUT2D eigenvalue weighted by Gasteiger charge is 2.16. The molecule has 0 atom stereocenters. The maximum absolute atomic E-state index is 12.5. The minimum absolute atomic E-state index is 0.167. The summed E-state index contributed by atoms with van der Waals surface area (Å²) in [4.78, 5) is 23.7. The van der Waals surface area contributed by atoms with Crippen molar-refractivity contribution in [3.05, 3.63) is 57.4 Å². The van der Waals surface area contributed by atoms with Crippen molar-refractivity contribution in [1.29, 1.82) is 0 Å². The molecule has 0 amide bonds. The smallest absolute Gasteiger partial charge is 0.341 e. The zero-order valence-electron chi connectivity index (χ0n) is 13.3. The average Bonchev–Trinajstić information content (AvgIpc) is 2.56. The van der Waals surface area contributed by atoms with Crippen LogP contribution in [0.25, 0.3) is 11.3 Å². The summed E-state index contributed by atoms with van der Waals surface area (Å²) in [7, 11) is 0. The topological polar surface area (TPSA) is 59.3 Å². The Labute approximate surface area is 135 Å². The Kier molecular flexibility index (Phi) is 4.33. The van der Waals surface area contributed by atoms with Crippen LogP contribution >= 0.6 is 0 Å². The van der Waals surface area contributed by atoms with Gasteiger partial charge in [0, 0.05) is 6.54 Å². The van der Waals surface area contributed by atoms with Crippen LogP contribution in [0, 0.1) is 0 Å². The molecule has 4 nitrogen and oxygen atoms in total. The van der Waals surface area contributed by atoms with Gasteiger partial charge < -0.3 is 9.67 Å². The standard InChI is InChI=1S/C19H21NO3/c1-2-11-20-17(10-9-16(18(20)21)19(22)23)15-8-7-13-5-3-4-6-14(13)12-15/h7-10,12H,2-6,11H2,1H3,(H,22,23). The maximum atomic E-state index is 12.5. The minimum Gasteiger partial charge on any atom is -0.477 e. The number of aryl methyl sites for hydroxylation is 2. The van der Waals surface area contributed by atoms with Crippen molar-refractivity contribution < 1.29 is 9.90 Å². The second-order valence-electron chi connectivity index (χ2n) is 6.08. The Morgan fingerprint density at radius 2 is 1.87 bits per heavy atom. The average molecular weight is 311 g/mol. The number of carboxylic acid groups (broad SMARTS) is 1. The van der Waals surface area contributed by atoms with E-state index in [2.05, 4.69) is 12.1 Å². The van der Waals surface area contributed by atoms with E-state index in [1.165, 1.54) is 30.0 Å². The summed E-state index contributed by atoms with van der Waals surface area (Å²) in [5.41, 5.74) is 3.95. The second kappa shape index (κ2) is 6.41. The lowest BCUT2D eigenvalue weighted by atomic mass is 9.90. The van der Waals surface area contributed by atoms with Gasteiger partial charge in [0.2, 0.25) is 0 Å². The third-order valence-corrected chi connectivity index (χ3v) is 4.50. The van der Waals surface area contributed by atoms with E-state index < -0.39 is 11.5 Å². The fourth-order valence-electron chi connectivity index (χ4n) is 3.33. The summed E-state index contributed by atoms with van der Waals surface area (Å²) >= 11 is 0. The van der Waals surface area contributed by atoms with Crippen LogP contribution in [0.3, 0.4) is 0 Å². The van der Waals surface area contributed by atoms with Crippen molar-refractivity contribution in [1.82, 2.24) is 4.57 Å². The van der Waals surface area contributed by atoms with E-state index in [4.69, 9.17) is 5.11 Å². The lowest BCUT2D eigenvalue weighted by molar-refractivity contribution is 0.0694. The van der Waals surface area contributed by atoms with E-state index in [1.807, 2.05) is 13.0 Å². The molecule has 0 fully saturated rings. The van der Waals surface area contributed by atoms with Gasteiger partial charge in [-0.15, -0.1) is 0 Å². The van der Waals surface area contributed by atoms with Gasteiger partial charge in [0.15, 0.2) is 0 Å². The Morgan fingerprint density at radius 3 is 2.57 bits per heavy atom. The molecule has 1 heterocycles. The van der Waals surface area contributed by atoms with Crippen LogP contribution in [0.15, 0.2) is 35.1 Å². The number of aromatic carboxylic acids is 1. The lowest BCUT2D eigenvalue weighted by Crippen LogP contribution is -2.27. The van der Waals surface area contributed by atoms with Crippen LogP contribution in [0.1, 0.15) is 47.7 Å². The molecule has 0 aliphatic heterocycles. The third-order valence-electron chi connectivity index (χ3n) is 4.50. The van der Waals surface area contributed by atoms with Gasteiger partial charge in [-0.2, -0.15) is 0 Å². The van der Waals surface area contributed by atoms with Gasteiger partial charge in [0.25, 0.3) is 5.56 Å². The van der Waals surface area contributed by atoms with Crippen LogP contribution in [-0.2, 0) is 19.4 Å². The second-order valence-corrected chi connectivity index (χ2v) is 6.08. The van der Waals surface area contributed by atoms with E-state index in [9.17, 15) is 9.59 Å². The molecule has 0 bridgehead atoms. The first-order chi connectivity index (χ1) is 11.1. The molecule has 0 radical (unpaired) electrons. The molecule has 1 aromatic carbocycles. The Bertz CT molecular complexity index is 805. The summed E-state index contributed by atoms with van der Waals surface area (Å²) in [6.45, 7) is 2.50. The first kappa shape index (κ1) is 15.5. The number of fused-ring (bicyclic) bond motifs is 1. The van der Waals surface area contributed by atoms with Crippen LogP contribution in [-0.4, -0.2) is 15.6 Å². The van der Waals surface area contributed by atoms with Gasteiger partial charge in [-0.25, -0.2) is 4.79 Å². The molecule has 4 heteroatoms. The molecular formula is C19H21NO3. The van der Waals surface area contributed by atoms with Gasteiger partial charge in [-0.05, 0) is 67.0 Å². The summed E-state index contributed by atoms with van der Waals surface area (Å²) < 4.78 is 1.59. The number of benzene rings is 1. The number of pyridine rings is 1. The van der Waals surface area contributed by atoms with Crippen molar-refractivity contribution in [2.75, 3.05) is 0 Å². The van der Waals surface area contributed by atoms with Gasteiger partial charge in [-0.1, -0.05) is 19.1 Å². The zero-order chi connectivity index (χ0) is 16.4. The molecule has 0 unspecified atom stereocenters. The first-order valence-corrected chi connectivity index (χ1v) is 8.21. The van der Waals surface area contributed by atoms with Crippen molar-refractivity contribution in [2.45, 2.75) is 45.6 Å². The van der Waals surface area contributed by atoms with Crippen LogP contribution < -0.4 is 5.56 Å². The van der Waals surface area contributed by atoms with E-state index in [0.29, 0.717) is 6.54 Å². The molecule has 120 valence electrons. The SMILES string of the molecule is CCCn1c(-c2ccc3c(c2)CCCC3)ccc(C(=O)O)c1=O. The molecule has 23 heavy (non-hydrogen) atoms. The monoisotopic (exact) mass is 311 g/mol. The minimum atomic E-state index is -1.17. The quantitative estimate of drug-likeness (QED) is 0.940. The molecule has 3 rings (SSSR count). The molecule has 2 aromatic rings. The van der Waals surface area contributed by atoms with E-state index in [0.717, 1.165) is 30.5 Å². The predicted molar refractivity (Wildman–Crippen MR) is 90.0 cm³/mol. The Morgan fingerprint density at radius 1 is 1.13 bits per heavy atom. The number of aromatic nitrogens is 1. The van der Waals surface area contributed by atoms with Crippen molar-refractivity contribution in [3.63, 3.8) is 0 Å². The number of carbonyl (C=O) groups is 1. The molecule has 1 aromatic heterocycles. The van der Waals surface area contributed by atoms with E-state index in [-0.39, 0.29) is 5.56 Å². The van der Waals surface area contributed by atoms with Gasteiger partial charge >= 0.3 is 5.97 Å². The fourth-order valence-corrected chi connectivity index (χ4v) is 3.33. The van der Waals surface area contributed by atoms with Crippen molar-refractivity contribution in [3.8, 4) is 11.3 Å². The number of nitrogens with zero attached hydrogens (tertiary/aromatic N) is 1.